The van der Waals surface area contributed by atoms with E-state index in [4.69, 9.17) is 15.2 Å². The number of carbonyl (C=O) groups excluding carboxylic acids is 2. The smallest absolute Gasteiger partial charge is 0.341 e. The Bertz CT molecular complexity index is 1160. The van der Waals surface area contributed by atoms with Crippen molar-refractivity contribution in [2.24, 2.45) is 5.73 Å². The van der Waals surface area contributed by atoms with E-state index in [9.17, 15) is 9.59 Å². The molecule has 0 bridgehead atoms. The van der Waals surface area contributed by atoms with E-state index in [1.165, 1.54) is 6.20 Å². The molecule has 0 unspecified atom stereocenters. The van der Waals surface area contributed by atoms with Crippen molar-refractivity contribution in [1.29, 1.82) is 0 Å². The van der Waals surface area contributed by atoms with Gasteiger partial charge in [-0.3, -0.25) is 4.79 Å². The normalized spacial score (nSPS) is 13.3. The Morgan fingerprint density at radius 3 is 2.46 bits per heavy atom. The summed E-state index contributed by atoms with van der Waals surface area (Å²) in [4.78, 5) is 35.8. The van der Waals surface area contributed by atoms with Gasteiger partial charge < -0.3 is 30.7 Å². The van der Waals surface area contributed by atoms with E-state index in [2.05, 4.69) is 25.5 Å². The summed E-state index contributed by atoms with van der Waals surface area (Å²) in [6, 6.07) is 14.7. The minimum absolute atomic E-state index is 0.0436. The molecule has 2 heterocycles. The maximum atomic E-state index is 12.5. The molecule has 2 aromatic carbocycles. The number of hydrogen-bond donors (Lipinski definition) is 3. The lowest BCUT2D eigenvalue weighted by atomic mass is 10.0. The minimum Gasteiger partial charge on any atom is -0.462 e. The van der Waals surface area contributed by atoms with E-state index >= 15 is 0 Å². The standard InChI is InChI=1S/C25H28N6O4/c1-2-35-24(33)21-15-27-25(29-19-7-9-20(10-8-19)31-11-13-34-14-12-31)30-22(21)17-3-5-18(6-4-17)23(32)28-16-26/h3-10,15H,2,11-14,16,26H2,1H3,(H,28,32)(H,27,29,30). The van der Waals surface area contributed by atoms with Crippen molar-refractivity contribution in [2.45, 2.75) is 6.92 Å². The Labute approximate surface area is 203 Å². The first-order valence-corrected chi connectivity index (χ1v) is 11.4. The summed E-state index contributed by atoms with van der Waals surface area (Å²) >= 11 is 0. The molecular formula is C25H28N6O4. The van der Waals surface area contributed by atoms with Crippen molar-refractivity contribution in [3.05, 3.63) is 65.9 Å². The number of aromatic nitrogens is 2. The molecule has 1 amide bonds. The number of ether oxygens (including phenoxy) is 2. The van der Waals surface area contributed by atoms with E-state index in [0.717, 1.165) is 37.7 Å². The van der Waals surface area contributed by atoms with Crippen molar-refractivity contribution >= 4 is 29.2 Å². The van der Waals surface area contributed by atoms with Gasteiger partial charge in [0.2, 0.25) is 5.95 Å². The van der Waals surface area contributed by atoms with Crippen molar-refractivity contribution in [2.75, 3.05) is 49.8 Å². The average molecular weight is 477 g/mol. The average Bonchev–Trinajstić information content (AvgIpc) is 2.90. The fourth-order valence-electron chi connectivity index (χ4n) is 3.70. The SMILES string of the molecule is CCOC(=O)c1cnc(Nc2ccc(N3CCOCC3)cc2)nc1-c1ccc(C(=O)NCN)cc1. The van der Waals surface area contributed by atoms with E-state index in [-0.39, 0.29) is 24.7 Å². The highest BCUT2D eigenvalue weighted by atomic mass is 16.5. The molecule has 1 aliphatic rings. The fourth-order valence-corrected chi connectivity index (χ4v) is 3.70. The molecule has 1 aliphatic heterocycles. The number of rotatable bonds is 8. The lowest BCUT2D eigenvalue weighted by molar-refractivity contribution is 0.0526. The zero-order chi connectivity index (χ0) is 24.6. The molecule has 3 aromatic rings. The Kier molecular flexibility index (Phi) is 7.86. The number of morpholine rings is 1. The highest BCUT2D eigenvalue weighted by Gasteiger charge is 2.18. The van der Waals surface area contributed by atoms with Gasteiger partial charge in [-0.05, 0) is 43.3 Å². The molecule has 0 radical (unpaired) electrons. The Hall–Kier alpha value is -4.02. The van der Waals surface area contributed by atoms with Crippen LogP contribution in [0.4, 0.5) is 17.3 Å². The number of nitrogens with zero attached hydrogens (tertiary/aromatic N) is 3. The van der Waals surface area contributed by atoms with Crippen LogP contribution in [0.2, 0.25) is 0 Å². The molecule has 10 heteroatoms. The number of nitrogens with two attached hydrogens (primary N) is 1. The number of benzene rings is 2. The van der Waals surface area contributed by atoms with Crippen LogP contribution >= 0.6 is 0 Å². The quantitative estimate of drug-likeness (QED) is 0.331. The zero-order valence-corrected chi connectivity index (χ0v) is 19.5. The van der Waals surface area contributed by atoms with E-state index in [0.29, 0.717) is 22.8 Å². The fraction of sp³-hybridized carbons (Fsp3) is 0.280. The first-order valence-electron chi connectivity index (χ1n) is 11.4. The Morgan fingerprint density at radius 1 is 1.09 bits per heavy atom. The minimum atomic E-state index is -0.520. The third kappa shape index (κ3) is 5.92. The van der Waals surface area contributed by atoms with Gasteiger partial charge in [0.1, 0.15) is 5.56 Å². The molecule has 10 nitrogen and oxygen atoms in total. The number of amides is 1. The van der Waals surface area contributed by atoms with E-state index in [1.54, 1.807) is 31.2 Å². The van der Waals surface area contributed by atoms with Crippen molar-refractivity contribution in [1.82, 2.24) is 15.3 Å². The summed E-state index contributed by atoms with van der Waals surface area (Å²) in [7, 11) is 0. The second-order valence-electron chi connectivity index (χ2n) is 7.74. The van der Waals surface area contributed by atoms with Crippen LogP contribution in [-0.4, -0.2) is 61.4 Å². The van der Waals surface area contributed by atoms with Gasteiger partial charge in [0.25, 0.3) is 5.91 Å². The van der Waals surface area contributed by atoms with Crippen LogP contribution in [0.25, 0.3) is 11.3 Å². The van der Waals surface area contributed by atoms with E-state index in [1.807, 2.05) is 24.3 Å². The van der Waals surface area contributed by atoms with Crippen LogP contribution in [0.3, 0.4) is 0 Å². The summed E-state index contributed by atoms with van der Waals surface area (Å²) < 4.78 is 10.6. The van der Waals surface area contributed by atoms with Gasteiger partial charge in [0.05, 0.1) is 32.2 Å². The number of carbonyl (C=O) groups is 2. The zero-order valence-electron chi connectivity index (χ0n) is 19.5. The van der Waals surface area contributed by atoms with Crippen LogP contribution in [0, 0.1) is 0 Å². The predicted molar refractivity (Wildman–Crippen MR) is 133 cm³/mol. The largest absolute Gasteiger partial charge is 0.462 e. The van der Waals surface area contributed by atoms with Gasteiger partial charge >= 0.3 is 5.97 Å². The molecular weight excluding hydrogens is 448 g/mol. The second kappa shape index (κ2) is 11.4. The summed E-state index contributed by atoms with van der Waals surface area (Å²) in [6.45, 7) is 5.18. The molecule has 0 aliphatic carbocycles. The van der Waals surface area contributed by atoms with Crippen LogP contribution in [0.15, 0.2) is 54.7 Å². The summed E-state index contributed by atoms with van der Waals surface area (Å²) in [5, 5.41) is 5.74. The van der Waals surface area contributed by atoms with Gasteiger partial charge in [-0.2, -0.15) is 0 Å². The topological polar surface area (TPSA) is 132 Å². The van der Waals surface area contributed by atoms with Gasteiger partial charge in [0, 0.05) is 41.8 Å². The lowest BCUT2D eigenvalue weighted by Crippen LogP contribution is -2.36. The van der Waals surface area contributed by atoms with Crippen LogP contribution in [0.5, 0.6) is 0 Å². The van der Waals surface area contributed by atoms with E-state index < -0.39 is 5.97 Å². The Morgan fingerprint density at radius 2 is 1.80 bits per heavy atom. The van der Waals surface area contributed by atoms with Crippen LogP contribution in [-0.2, 0) is 9.47 Å². The van der Waals surface area contributed by atoms with Crippen LogP contribution in [0.1, 0.15) is 27.6 Å². The van der Waals surface area contributed by atoms with Gasteiger partial charge in [-0.1, -0.05) is 12.1 Å². The third-order valence-corrected chi connectivity index (χ3v) is 5.47. The molecule has 4 N–H and O–H groups in total. The summed E-state index contributed by atoms with van der Waals surface area (Å²) in [6.07, 6.45) is 1.44. The lowest BCUT2D eigenvalue weighted by Gasteiger charge is -2.28. The molecule has 0 spiro atoms. The number of nitrogens with one attached hydrogen (secondary N) is 2. The maximum absolute atomic E-state index is 12.5. The maximum Gasteiger partial charge on any atom is 0.341 e. The molecule has 182 valence electrons. The monoisotopic (exact) mass is 476 g/mol. The van der Waals surface area contributed by atoms with Gasteiger partial charge in [-0.25, -0.2) is 14.8 Å². The van der Waals surface area contributed by atoms with Crippen molar-refractivity contribution in [3.8, 4) is 11.3 Å². The molecule has 1 saturated heterocycles. The molecule has 0 saturated carbocycles. The highest BCUT2D eigenvalue weighted by molar-refractivity contribution is 5.97. The number of anilines is 3. The predicted octanol–water partition coefficient (Wildman–Crippen LogP) is 2.55. The summed E-state index contributed by atoms with van der Waals surface area (Å²) in [5.41, 5.74) is 9.04. The molecule has 1 fully saturated rings. The molecule has 0 atom stereocenters. The first kappa shape index (κ1) is 24.1. The first-order chi connectivity index (χ1) is 17.1. The van der Waals surface area contributed by atoms with Gasteiger partial charge in [0.15, 0.2) is 0 Å². The van der Waals surface area contributed by atoms with Crippen molar-refractivity contribution < 1.29 is 19.1 Å². The number of esters is 1. The number of hydrogen-bond acceptors (Lipinski definition) is 9. The second-order valence-corrected chi connectivity index (χ2v) is 7.74. The van der Waals surface area contributed by atoms with Crippen LogP contribution < -0.4 is 21.3 Å². The molecule has 1 aromatic heterocycles. The molecule has 4 rings (SSSR count). The third-order valence-electron chi connectivity index (χ3n) is 5.47. The van der Waals surface area contributed by atoms with Gasteiger partial charge in [-0.15, -0.1) is 0 Å². The molecule has 35 heavy (non-hydrogen) atoms. The Balaban J connectivity index is 1.59. The van der Waals surface area contributed by atoms with Crippen molar-refractivity contribution in [3.63, 3.8) is 0 Å². The highest BCUT2D eigenvalue weighted by Crippen LogP contribution is 2.26. The summed E-state index contributed by atoms with van der Waals surface area (Å²) in [5.74, 6) is -0.471.